The van der Waals surface area contributed by atoms with Gasteiger partial charge in [0.2, 0.25) is 0 Å². The second-order valence-corrected chi connectivity index (χ2v) is 5.19. The molecule has 0 saturated carbocycles. The highest BCUT2D eigenvalue weighted by Crippen LogP contribution is 2.24. The average Bonchev–Trinajstić information content (AvgIpc) is 2.79. The zero-order valence-corrected chi connectivity index (χ0v) is 12.5. The molecule has 0 aromatic heterocycles. The molecule has 0 saturated heterocycles. The molecular formula is C14H18O3S2. The van der Waals surface area contributed by atoms with Crippen molar-refractivity contribution in [3.8, 4) is 0 Å². The highest BCUT2D eigenvalue weighted by Gasteiger charge is 2.13. The van der Waals surface area contributed by atoms with E-state index in [4.69, 9.17) is 9.84 Å². The van der Waals surface area contributed by atoms with Gasteiger partial charge in [0.1, 0.15) is 5.76 Å². The third-order valence-corrected chi connectivity index (χ3v) is 3.51. The van der Waals surface area contributed by atoms with E-state index in [1.807, 2.05) is 30.3 Å². The first-order chi connectivity index (χ1) is 9.06. The van der Waals surface area contributed by atoms with Crippen molar-refractivity contribution in [1.29, 1.82) is 0 Å². The molecule has 0 aliphatic heterocycles. The lowest BCUT2D eigenvalue weighted by molar-refractivity contribution is -0.136. The minimum absolute atomic E-state index is 0.0494. The molecule has 2 rings (SSSR count). The quantitative estimate of drug-likeness (QED) is 0.593. The number of fused-ring (bicyclic) bond motifs is 1. The lowest BCUT2D eigenvalue weighted by Gasteiger charge is -1.99. The van der Waals surface area contributed by atoms with Gasteiger partial charge in [-0.15, -0.1) is 0 Å². The SMILES string of the molecule is CC(=O)OC1=Cc2ccccc2C1.OCC(S)CS. The van der Waals surface area contributed by atoms with E-state index in [0.29, 0.717) is 5.75 Å². The van der Waals surface area contributed by atoms with E-state index >= 15 is 0 Å². The molecule has 3 nitrogen and oxygen atoms in total. The molecule has 0 fully saturated rings. The topological polar surface area (TPSA) is 46.5 Å². The van der Waals surface area contributed by atoms with Gasteiger partial charge >= 0.3 is 5.97 Å². The molecule has 104 valence electrons. The molecule has 1 aromatic rings. The molecule has 1 atom stereocenters. The third-order valence-electron chi connectivity index (χ3n) is 2.43. The number of aliphatic hydroxyl groups excluding tert-OH is 1. The van der Waals surface area contributed by atoms with Gasteiger partial charge in [-0.2, -0.15) is 25.3 Å². The molecule has 0 radical (unpaired) electrons. The maximum absolute atomic E-state index is 10.7. The Morgan fingerprint density at radius 2 is 2.16 bits per heavy atom. The minimum atomic E-state index is -0.251. The summed E-state index contributed by atoms with van der Waals surface area (Å²) in [6.45, 7) is 1.54. The van der Waals surface area contributed by atoms with Gasteiger partial charge in [0.15, 0.2) is 0 Å². The molecule has 0 amide bonds. The standard InChI is InChI=1S/C11H10O2.C3H8OS2/c1-8(12)13-11-6-9-4-2-3-5-10(9)7-11;4-1-3(6)2-5/h2-6H,7H2,1H3;3-6H,1-2H2. The summed E-state index contributed by atoms with van der Waals surface area (Å²) in [6.07, 6.45) is 2.65. The Balaban J connectivity index is 0.000000258. The van der Waals surface area contributed by atoms with Gasteiger partial charge in [-0.3, -0.25) is 4.79 Å². The number of ether oxygens (including phenoxy) is 1. The van der Waals surface area contributed by atoms with E-state index in [2.05, 4.69) is 25.3 Å². The van der Waals surface area contributed by atoms with Gasteiger partial charge in [0, 0.05) is 24.3 Å². The molecule has 1 aliphatic carbocycles. The molecule has 0 bridgehead atoms. The lowest BCUT2D eigenvalue weighted by Crippen LogP contribution is -2.04. The molecule has 5 heteroatoms. The lowest BCUT2D eigenvalue weighted by atomic mass is 10.1. The van der Waals surface area contributed by atoms with Gasteiger partial charge in [-0.05, 0) is 17.2 Å². The third kappa shape index (κ3) is 5.72. The molecular weight excluding hydrogens is 280 g/mol. The van der Waals surface area contributed by atoms with Crippen molar-refractivity contribution in [2.24, 2.45) is 0 Å². The molecule has 1 aliphatic rings. The second-order valence-electron chi connectivity index (χ2n) is 4.10. The fourth-order valence-electron chi connectivity index (χ4n) is 1.56. The Morgan fingerprint density at radius 1 is 1.47 bits per heavy atom. The molecule has 19 heavy (non-hydrogen) atoms. The highest BCUT2D eigenvalue weighted by atomic mass is 32.1. The number of rotatable bonds is 3. The summed E-state index contributed by atoms with van der Waals surface area (Å²) in [4.78, 5) is 10.7. The number of carbonyl (C=O) groups excluding carboxylic acids is 1. The van der Waals surface area contributed by atoms with Crippen LogP contribution in [0.5, 0.6) is 0 Å². The normalized spacial score (nSPS) is 13.8. The minimum Gasteiger partial charge on any atom is -0.431 e. The zero-order valence-electron chi connectivity index (χ0n) is 10.7. The van der Waals surface area contributed by atoms with Crippen LogP contribution in [0.15, 0.2) is 30.0 Å². The number of thiol groups is 2. The predicted molar refractivity (Wildman–Crippen MR) is 83.6 cm³/mol. The van der Waals surface area contributed by atoms with Crippen molar-refractivity contribution in [2.75, 3.05) is 12.4 Å². The van der Waals surface area contributed by atoms with Crippen LogP contribution in [0.3, 0.4) is 0 Å². The van der Waals surface area contributed by atoms with Crippen molar-refractivity contribution in [3.05, 3.63) is 41.2 Å². The van der Waals surface area contributed by atoms with Gasteiger partial charge in [-0.1, -0.05) is 24.3 Å². The van der Waals surface area contributed by atoms with Gasteiger partial charge < -0.3 is 9.84 Å². The Labute approximate surface area is 124 Å². The number of benzene rings is 1. The van der Waals surface area contributed by atoms with Crippen molar-refractivity contribution in [3.63, 3.8) is 0 Å². The monoisotopic (exact) mass is 298 g/mol. The smallest absolute Gasteiger partial charge is 0.307 e. The van der Waals surface area contributed by atoms with E-state index in [1.165, 1.54) is 12.5 Å². The van der Waals surface area contributed by atoms with Crippen molar-refractivity contribution < 1.29 is 14.6 Å². The summed E-state index contributed by atoms with van der Waals surface area (Å²) in [7, 11) is 0. The van der Waals surface area contributed by atoms with Crippen LogP contribution in [0.1, 0.15) is 18.1 Å². The number of hydrogen-bond donors (Lipinski definition) is 3. The Morgan fingerprint density at radius 3 is 2.63 bits per heavy atom. The fourth-order valence-corrected chi connectivity index (χ4v) is 1.67. The average molecular weight is 298 g/mol. The van der Waals surface area contributed by atoms with Crippen molar-refractivity contribution in [2.45, 2.75) is 18.6 Å². The Bertz CT molecular complexity index is 454. The molecule has 1 N–H and O–H groups in total. The van der Waals surface area contributed by atoms with Crippen LogP contribution in [-0.4, -0.2) is 28.7 Å². The van der Waals surface area contributed by atoms with Crippen molar-refractivity contribution in [1.82, 2.24) is 0 Å². The number of esters is 1. The zero-order chi connectivity index (χ0) is 14.3. The van der Waals surface area contributed by atoms with Crippen LogP contribution in [0.2, 0.25) is 0 Å². The summed E-state index contributed by atoms with van der Waals surface area (Å²) in [5.41, 5.74) is 2.37. The van der Waals surface area contributed by atoms with E-state index in [0.717, 1.165) is 17.7 Å². The molecule has 1 unspecified atom stereocenters. The van der Waals surface area contributed by atoms with Gasteiger partial charge in [0.05, 0.1) is 6.61 Å². The second kappa shape index (κ2) is 8.30. The van der Waals surface area contributed by atoms with E-state index < -0.39 is 0 Å². The number of aliphatic hydroxyl groups is 1. The first-order valence-electron chi connectivity index (χ1n) is 5.93. The number of hydrogen-bond acceptors (Lipinski definition) is 5. The van der Waals surface area contributed by atoms with Gasteiger partial charge in [0.25, 0.3) is 0 Å². The first kappa shape index (κ1) is 16.1. The molecule has 0 spiro atoms. The van der Waals surface area contributed by atoms with E-state index in [9.17, 15) is 4.79 Å². The first-order valence-corrected chi connectivity index (χ1v) is 7.08. The fraction of sp³-hybridized carbons (Fsp3) is 0.357. The number of allylic oxidation sites excluding steroid dienone is 1. The van der Waals surface area contributed by atoms with E-state index in [-0.39, 0.29) is 17.8 Å². The summed E-state index contributed by atoms with van der Waals surface area (Å²) < 4.78 is 5.02. The summed E-state index contributed by atoms with van der Waals surface area (Å²) >= 11 is 7.76. The number of carbonyl (C=O) groups is 1. The van der Waals surface area contributed by atoms with Crippen LogP contribution in [0, 0.1) is 0 Å². The van der Waals surface area contributed by atoms with Crippen LogP contribution in [0.25, 0.3) is 6.08 Å². The van der Waals surface area contributed by atoms with Crippen molar-refractivity contribution >= 4 is 37.3 Å². The Kier molecular flexibility index (Phi) is 7.05. The van der Waals surface area contributed by atoms with Crippen LogP contribution in [0.4, 0.5) is 0 Å². The molecule has 1 aromatic carbocycles. The molecule has 0 heterocycles. The van der Waals surface area contributed by atoms with Crippen LogP contribution >= 0.6 is 25.3 Å². The Hall–Kier alpha value is -0.910. The van der Waals surface area contributed by atoms with E-state index in [1.54, 1.807) is 0 Å². The largest absolute Gasteiger partial charge is 0.431 e. The maximum atomic E-state index is 10.7. The highest BCUT2D eigenvalue weighted by molar-refractivity contribution is 7.84. The predicted octanol–water partition coefficient (Wildman–Crippen LogP) is 2.35. The van der Waals surface area contributed by atoms with Crippen LogP contribution < -0.4 is 0 Å². The summed E-state index contributed by atoms with van der Waals surface area (Å²) in [5, 5.41) is 8.26. The van der Waals surface area contributed by atoms with Gasteiger partial charge in [-0.25, -0.2) is 0 Å². The van der Waals surface area contributed by atoms with Crippen LogP contribution in [-0.2, 0) is 16.0 Å². The maximum Gasteiger partial charge on any atom is 0.307 e. The summed E-state index contributed by atoms with van der Waals surface area (Å²) in [5.74, 6) is 1.13. The summed E-state index contributed by atoms with van der Waals surface area (Å²) in [6, 6.07) is 8.03.